The fourth-order valence-electron chi connectivity index (χ4n) is 2.41. The Hall–Kier alpha value is -2.15. The first-order chi connectivity index (χ1) is 9.99. The van der Waals surface area contributed by atoms with Gasteiger partial charge in [0.1, 0.15) is 11.9 Å². The van der Waals surface area contributed by atoms with Gasteiger partial charge in [0.2, 0.25) is 0 Å². The molecule has 114 valence electrons. The van der Waals surface area contributed by atoms with Crippen molar-refractivity contribution in [3.63, 3.8) is 0 Å². The van der Waals surface area contributed by atoms with Crippen LogP contribution < -0.4 is 5.32 Å². The average molecular weight is 296 g/mol. The maximum atomic E-state index is 13.1. The van der Waals surface area contributed by atoms with E-state index in [1.807, 2.05) is 0 Å². The third kappa shape index (κ3) is 3.69. The van der Waals surface area contributed by atoms with Gasteiger partial charge in [-0.2, -0.15) is 0 Å². The summed E-state index contributed by atoms with van der Waals surface area (Å²) in [6, 6.07) is 4.43. The molecule has 1 aromatic rings. The van der Waals surface area contributed by atoms with Gasteiger partial charge in [-0.05, 0) is 31.0 Å². The summed E-state index contributed by atoms with van der Waals surface area (Å²) in [5, 5.41) is 19.9. The van der Waals surface area contributed by atoms with Crippen molar-refractivity contribution in [2.75, 3.05) is 6.54 Å². The Bertz CT molecular complexity index is 544. The zero-order valence-electron chi connectivity index (χ0n) is 11.4. The lowest BCUT2D eigenvalue weighted by Gasteiger charge is -2.08. The third-order valence-corrected chi connectivity index (χ3v) is 3.55. The Kier molecular flexibility index (Phi) is 4.74. The summed E-state index contributed by atoms with van der Waals surface area (Å²) in [7, 11) is 0. The van der Waals surface area contributed by atoms with E-state index in [9.17, 15) is 14.0 Å². The molecule has 0 saturated carbocycles. The van der Waals surface area contributed by atoms with Crippen molar-refractivity contribution >= 4 is 12.1 Å². The van der Waals surface area contributed by atoms with E-state index in [4.69, 9.17) is 10.2 Å². The van der Waals surface area contributed by atoms with Gasteiger partial charge in [0, 0.05) is 12.1 Å². The van der Waals surface area contributed by atoms with E-state index in [-0.39, 0.29) is 18.4 Å². The van der Waals surface area contributed by atoms with Gasteiger partial charge in [0.05, 0.1) is 6.54 Å². The molecule has 6 nitrogen and oxygen atoms in total. The second-order valence-corrected chi connectivity index (χ2v) is 5.00. The molecule has 0 spiro atoms. The number of nitrogens with one attached hydrogen (secondary N) is 1. The number of hydrogen-bond donors (Lipinski definition) is 3. The molecule has 0 aromatic heterocycles. The number of fused-ring (bicyclic) bond motifs is 1. The molecule has 2 heterocycles. The Morgan fingerprint density at radius 3 is 2.52 bits per heavy atom. The largest absolute Gasteiger partial charge is 0.480 e. The van der Waals surface area contributed by atoms with Gasteiger partial charge in [-0.1, -0.05) is 12.1 Å². The quantitative estimate of drug-likeness (QED) is 0.733. The normalized spacial score (nSPS) is 19.7. The SMILES string of the molecule is O=C(O)C1CCCN1.O=C(O)N1Cc2cccc(F)c2C1. The molecule has 3 rings (SSSR count). The minimum Gasteiger partial charge on any atom is -0.480 e. The van der Waals surface area contributed by atoms with Crippen LogP contribution in [0, 0.1) is 5.82 Å². The Labute approximate surface area is 121 Å². The van der Waals surface area contributed by atoms with Crippen LogP contribution in [-0.2, 0) is 17.9 Å². The second kappa shape index (κ2) is 6.53. The van der Waals surface area contributed by atoms with Crippen LogP contribution in [0.4, 0.5) is 9.18 Å². The first kappa shape index (κ1) is 15.2. The van der Waals surface area contributed by atoms with Crippen LogP contribution >= 0.6 is 0 Å². The number of nitrogens with zero attached hydrogens (tertiary/aromatic N) is 1. The molecule has 21 heavy (non-hydrogen) atoms. The van der Waals surface area contributed by atoms with E-state index < -0.39 is 12.1 Å². The van der Waals surface area contributed by atoms with E-state index in [1.165, 1.54) is 11.0 Å². The van der Waals surface area contributed by atoms with Crippen molar-refractivity contribution in [3.8, 4) is 0 Å². The van der Waals surface area contributed by atoms with Gasteiger partial charge < -0.3 is 15.5 Å². The summed E-state index contributed by atoms with van der Waals surface area (Å²) >= 11 is 0. The average Bonchev–Trinajstić information content (AvgIpc) is 3.09. The van der Waals surface area contributed by atoms with Crippen LogP contribution in [-0.4, -0.2) is 39.8 Å². The first-order valence-corrected chi connectivity index (χ1v) is 6.69. The lowest BCUT2D eigenvalue weighted by atomic mass is 10.1. The summed E-state index contributed by atoms with van der Waals surface area (Å²) in [5.74, 6) is -1.04. The molecule has 1 amide bonds. The highest BCUT2D eigenvalue weighted by atomic mass is 19.1. The monoisotopic (exact) mass is 296 g/mol. The van der Waals surface area contributed by atoms with E-state index >= 15 is 0 Å². The Morgan fingerprint density at radius 1 is 1.29 bits per heavy atom. The zero-order chi connectivity index (χ0) is 15.4. The molecule has 1 unspecified atom stereocenters. The Balaban J connectivity index is 0.000000173. The topological polar surface area (TPSA) is 89.9 Å². The fourth-order valence-corrected chi connectivity index (χ4v) is 2.41. The summed E-state index contributed by atoms with van der Waals surface area (Å²) < 4.78 is 13.1. The minimum atomic E-state index is -1.00. The minimum absolute atomic E-state index is 0.164. The molecule has 0 aliphatic carbocycles. The standard InChI is InChI=1S/C9H8FNO2.C5H9NO2/c10-8-3-1-2-6-4-11(9(12)13)5-7(6)8;7-5(8)4-2-1-3-6-4/h1-3H,4-5H2,(H,12,13);4,6H,1-3H2,(H,7,8). The molecule has 0 bridgehead atoms. The highest BCUT2D eigenvalue weighted by Crippen LogP contribution is 2.24. The number of amides is 1. The van der Waals surface area contributed by atoms with Crippen LogP contribution in [0.5, 0.6) is 0 Å². The number of carboxylic acid groups (broad SMARTS) is 2. The molecular weight excluding hydrogens is 279 g/mol. The van der Waals surface area contributed by atoms with Crippen LogP contribution in [0.25, 0.3) is 0 Å². The molecular formula is C14H17FN2O4. The molecule has 1 fully saturated rings. The van der Waals surface area contributed by atoms with Crippen molar-refractivity contribution < 1.29 is 24.2 Å². The van der Waals surface area contributed by atoms with Gasteiger partial charge in [0.25, 0.3) is 0 Å². The number of hydrogen-bond acceptors (Lipinski definition) is 3. The van der Waals surface area contributed by atoms with Crippen LogP contribution in [0.1, 0.15) is 24.0 Å². The van der Waals surface area contributed by atoms with Crippen molar-refractivity contribution in [2.45, 2.75) is 32.0 Å². The lowest BCUT2D eigenvalue weighted by molar-refractivity contribution is -0.139. The zero-order valence-corrected chi connectivity index (χ0v) is 11.4. The van der Waals surface area contributed by atoms with E-state index in [0.29, 0.717) is 12.1 Å². The highest BCUT2D eigenvalue weighted by Gasteiger charge is 2.24. The van der Waals surface area contributed by atoms with Gasteiger partial charge in [-0.25, -0.2) is 9.18 Å². The number of halogens is 1. The molecule has 1 aromatic carbocycles. The van der Waals surface area contributed by atoms with Gasteiger partial charge in [-0.3, -0.25) is 9.69 Å². The number of carbonyl (C=O) groups is 2. The lowest BCUT2D eigenvalue weighted by Crippen LogP contribution is -2.29. The smallest absolute Gasteiger partial charge is 0.407 e. The van der Waals surface area contributed by atoms with E-state index in [2.05, 4.69) is 5.32 Å². The number of benzene rings is 1. The molecule has 0 radical (unpaired) electrons. The van der Waals surface area contributed by atoms with Gasteiger partial charge in [0.15, 0.2) is 0 Å². The van der Waals surface area contributed by atoms with Crippen molar-refractivity contribution in [3.05, 3.63) is 35.1 Å². The maximum absolute atomic E-state index is 13.1. The second-order valence-electron chi connectivity index (χ2n) is 5.00. The summed E-state index contributed by atoms with van der Waals surface area (Å²) in [5.41, 5.74) is 1.27. The van der Waals surface area contributed by atoms with Crippen molar-refractivity contribution in [2.24, 2.45) is 0 Å². The maximum Gasteiger partial charge on any atom is 0.407 e. The summed E-state index contributed by atoms with van der Waals surface area (Å²) in [6.45, 7) is 1.32. The molecule has 3 N–H and O–H groups in total. The van der Waals surface area contributed by atoms with E-state index in [0.717, 1.165) is 24.9 Å². The summed E-state index contributed by atoms with van der Waals surface area (Å²) in [6.07, 6.45) is 0.780. The summed E-state index contributed by atoms with van der Waals surface area (Å²) in [4.78, 5) is 21.9. The van der Waals surface area contributed by atoms with Crippen LogP contribution in [0.15, 0.2) is 18.2 Å². The predicted octanol–water partition coefficient (Wildman–Crippen LogP) is 1.64. The fraction of sp³-hybridized carbons (Fsp3) is 0.429. The van der Waals surface area contributed by atoms with Crippen molar-refractivity contribution in [1.29, 1.82) is 0 Å². The molecule has 7 heteroatoms. The first-order valence-electron chi connectivity index (χ1n) is 6.69. The molecule has 2 aliphatic rings. The number of rotatable bonds is 1. The molecule has 1 saturated heterocycles. The molecule has 1 atom stereocenters. The predicted molar refractivity (Wildman–Crippen MR) is 72.3 cm³/mol. The van der Waals surface area contributed by atoms with Gasteiger partial charge >= 0.3 is 12.1 Å². The number of carboxylic acids is 1. The van der Waals surface area contributed by atoms with Crippen LogP contribution in [0.3, 0.4) is 0 Å². The van der Waals surface area contributed by atoms with Crippen LogP contribution in [0.2, 0.25) is 0 Å². The van der Waals surface area contributed by atoms with Gasteiger partial charge in [-0.15, -0.1) is 0 Å². The van der Waals surface area contributed by atoms with E-state index in [1.54, 1.807) is 12.1 Å². The van der Waals surface area contributed by atoms with Crippen molar-refractivity contribution in [1.82, 2.24) is 10.2 Å². The highest BCUT2D eigenvalue weighted by molar-refractivity contribution is 5.73. The molecule has 2 aliphatic heterocycles. The Morgan fingerprint density at radius 2 is 2.05 bits per heavy atom. The number of aliphatic carboxylic acids is 1. The third-order valence-electron chi connectivity index (χ3n) is 3.55.